The van der Waals surface area contributed by atoms with Gasteiger partial charge in [0.1, 0.15) is 0 Å². The Hall–Kier alpha value is -1.36. The zero-order chi connectivity index (χ0) is 12.4. The van der Waals surface area contributed by atoms with Crippen molar-refractivity contribution in [1.82, 2.24) is 4.98 Å². The minimum absolute atomic E-state index is 0.181. The van der Waals surface area contributed by atoms with Crippen molar-refractivity contribution in [3.8, 4) is 21.1 Å². The average molecular weight is 275 g/mol. The summed E-state index contributed by atoms with van der Waals surface area (Å²) in [5.41, 5.74) is 3.46. The summed E-state index contributed by atoms with van der Waals surface area (Å²) in [5.74, 6) is 0. The summed E-state index contributed by atoms with van der Waals surface area (Å²) in [6.45, 7) is 0.181. The number of hydrogen-bond donors (Lipinski definition) is 2. The molecule has 0 aliphatic rings. The van der Waals surface area contributed by atoms with Gasteiger partial charge < -0.3 is 10.1 Å². The van der Waals surface area contributed by atoms with E-state index in [4.69, 9.17) is 0 Å². The molecule has 4 heteroatoms. The van der Waals surface area contributed by atoms with Crippen LogP contribution in [0.15, 0.2) is 41.1 Å². The molecule has 0 aromatic carbocycles. The first-order valence-electron chi connectivity index (χ1n) is 5.79. The van der Waals surface area contributed by atoms with Crippen LogP contribution >= 0.6 is 22.7 Å². The van der Waals surface area contributed by atoms with E-state index in [0.717, 1.165) is 11.4 Å². The van der Waals surface area contributed by atoms with Gasteiger partial charge >= 0.3 is 0 Å². The Morgan fingerprint density at radius 3 is 2.39 bits per heavy atom. The maximum absolute atomic E-state index is 9.17. The van der Waals surface area contributed by atoms with Gasteiger partial charge in [0, 0.05) is 6.61 Å². The molecule has 0 bridgehead atoms. The van der Waals surface area contributed by atoms with Crippen molar-refractivity contribution in [2.24, 2.45) is 0 Å². The van der Waals surface area contributed by atoms with Gasteiger partial charge in [-0.1, -0.05) is 12.1 Å². The predicted octanol–water partition coefficient (Wildman–Crippen LogP) is 4.01. The molecule has 3 heterocycles. The van der Waals surface area contributed by atoms with E-state index in [0.29, 0.717) is 6.42 Å². The topological polar surface area (TPSA) is 36.0 Å². The average Bonchev–Trinajstić information content (AvgIpc) is 3.11. The predicted molar refractivity (Wildman–Crippen MR) is 78.2 cm³/mol. The first-order chi connectivity index (χ1) is 8.88. The van der Waals surface area contributed by atoms with Crippen molar-refractivity contribution in [3.05, 3.63) is 46.7 Å². The van der Waals surface area contributed by atoms with E-state index in [1.807, 2.05) is 6.07 Å². The standard InChI is InChI=1S/C14H13NOS2/c16-6-5-10-9-11(12-3-1-7-17-12)15-14(10)13-4-2-8-18-13/h1-4,7-9,15-16H,5-6H2. The molecule has 0 aliphatic carbocycles. The molecule has 0 spiro atoms. The molecule has 0 fully saturated rings. The van der Waals surface area contributed by atoms with E-state index in [1.54, 1.807) is 22.7 Å². The highest BCUT2D eigenvalue weighted by molar-refractivity contribution is 7.14. The third kappa shape index (κ3) is 2.14. The minimum Gasteiger partial charge on any atom is -0.396 e. The summed E-state index contributed by atoms with van der Waals surface area (Å²) in [7, 11) is 0. The molecule has 0 amide bonds. The van der Waals surface area contributed by atoms with Gasteiger partial charge in [0.05, 0.1) is 21.1 Å². The largest absolute Gasteiger partial charge is 0.396 e. The molecule has 3 rings (SSSR count). The first kappa shape index (κ1) is 11.7. The number of aliphatic hydroxyl groups is 1. The molecule has 3 aromatic rings. The van der Waals surface area contributed by atoms with Crippen molar-refractivity contribution in [2.75, 3.05) is 6.61 Å². The molecule has 92 valence electrons. The molecule has 0 saturated heterocycles. The van der Waals surface area contributed by atoms with Gasteiger partial charge in [0.2, 0.25) is 0 Å². The molecule has 3 aromatic heterocycles. The SMILES string of the molecule is OCCc1cc(-c2cccs2)[nH]c1-c1cccs1. The maximum atomic E-state index is 9.17. The van der Waals surface area contributed by atoms with E-state index < -0.39 is 0 Å². The highest BCUT2D eigenvalue weighted by Crippen LogP contribution is 2.33. The number of rotatable bonds is 4. The number of nitrogens with one attached hydrogen (secondary N) is 1. The van der Waals surface area contributed by atoms with Crippen LogP contribution in [-0.2, 0) is 6.42 Å². The molecule has 0 saturated carbocycles. The van der Waals surface area contributed by atoms with E-state index in [1.165, 1.54) is 15.3 Å². The normalized spacial score (nSPS) is 10.9. The van der Waals surface area contributed by atoms with Gasteiger partial charge in [-0.2, -0.15) is 0 Å². The third-order valence-corrected chi connectivity index (χ3v) is 4.63. The number of aromatic amines is 1. The summed E-state index contributed by atoms with van der Waals surface area (Å²) in [4.78, 5) is 5.94. The fourth-order valence-corrected chi connectivity index (χ4v) is 3.48. The zero-order valence-corrected chi connectivity index (χ0v) is 11.4. The number of H-pyrrole nitrogens is 1. The Labute approximate surface area is 114 Å². The van der Waals surface area contributed by atoms with Gasteiger partial charge in [0.25, 0.3) is 0 Å². The number of aliphatic hydroxyl groups excluding tert-OH is 1. The quantitative estimate of drug-likeness (QED) is 0.741. The van der Waals surface area contributed by atoms with E-state index in [-0.39, 0.29) is 6.61 Å². The van der Waals surface area contributed by atoms with Crippen LogP contribution in [0.25, 0.3) is 21.1 Å². The molecule has 2 N–H and O–H groups in total. The third-order valence-electron chi connectivity index (χ3n) is 2.83. The minimum atomic E-state index is 0.181. The van der Waals surface area contributed by atoms with Gasteiger partial charge in [-0.3, -0.25) is 0 Å². The van der Waals surface area contributed by atoms with Crippen LogP contribution in [0, 0.1) is 0 Å². The number of aromatic nitrogens is 1. The molecule has 2 nitrogen and oxygen atoms in total. The number of thiophene rings is 2. The first-order valence-corrected chi connectivity index (χ1v) is 7.55. The Morgan fingerprint density at radius 1 is 1.06 bits per heavy atom. The summed E-state index contributed by atoms with van der Waals surface area (Å²) < 4.78 is 0. The molecular weight excluding hydrogens is 262 g/mol. The van der Waals surface area contributed by atoms with Crippen LogP contribution in [0.5, 0.6) is 0 Å². The lowest BCUT2D eigenvalue weighted by Gasteiger charge is -1.98. The molecule has 0 atom stereocenters. The van der Waals surface area contributed by atoms with Crippen molar-refractivity contribution in [3.63, 3.8) is 0 Å². The summed E-state index contributed by atoms with van der Waals surface area (Å²) >= 11 is 3.44. The molecule has 0 radical (unpaired) electrons. The summed E-state index contributed by atoms with van der Waals surface area (Å²) in [6, 6.07) is 10.5. The van der Waals surface area contributed by atoms with Gasteiger partial charge in [0.15, 0.2) is 0 Å². The lowest BCUT2D eigenvalue weighted by molar-refractivity contribution is 0.300. The van der Waals surface area contributed by atoms with Crippen molar-refractivity contribution in [1.29, 1.82) is 0 Å². The zero-order valence-electron chi connectivity index (χ0n) is 9.72. The second-order valence-corrected chi connectivity index (χ2v) is 5.91. The summed E-state index contributed by atoms with van der Waals surface area (Å²) in [5, 5.41) is 13.3. The Bertz CT molecular complexity index is 608. The van der Waals surface area contributed by atoms with Crippen LogP contribution in [-0.4, -0.2) is 16.7 Å². The van der Waals surface area contributed by atoms with E-state index in [9.17, 15) is 5.11 Å². The second-order valence-electron chi connectivity index (χ2n) is 4.01. The van der Waals surface area contributed by atoms with Crippen LogP contribution in [0.3, 0.4) is 0 Å². The van der Waals surface area contributed by atoms with Gasteiger partial charge in [-0.05, 0) is 40.9 Å². The smallest absolute Gasteiger partial charge is 0.0593 e. The molecular formula is C14H13NOS2. The monoisotopic (exact) mass is 275 g/mol. The van der Waals surface area contributed by atoms with Crippen molar-refractivity contribution >= 4 is 22.7 Å². The highest BCUT2D eigenvalue weighted by Gasteiger charge is 2.12. The Balaban J connectivity index is 2.07. The molecule has 0 aliphatic heterocycles. The lowest BCUT2D eigenvalue weighted by Crippen LogP contribution is -1.90. The Morgan fingerprint density at radius 2 is 1.78 bits per heavy atom. The Kier molecular flexibility index (Phi) is 3.32. The van der Waals surface area contributed by atoms with Crippen LogP contribution in [0.1, 0.15) is 5.56 Å². The highest BCUT2D eigenvalue weighted by atomic mass is 32.1. The maximum Gasteiger partial charge on any atom is 0.0593 e. The molecule has 0 unspecified atom stereocenters. The van der Waals surface area contributed by atoms with Crippen LogP contribution in [0.2, 0.25) is 0 Å². The fraction of sp³-hybridized carbons (Fsp3) is 0.143. The van der Waals surface area contributed by atoms with Crippen molar-refractivity contribution in [2.45, 2.75) is 6.42 Å². The van der Waals surface area contributed by atoms with Gasteiger partial charge in [-0.15, -0.1) is 22.7 Å². The number of hydrogen-bond acceptors (Lipinski definition) is 3. The molecule has 18 heavy (non-hydrogen) atoms. The second kappa shape index (κ2) is 5.10. The van der Waals surface area contributed by atoms with E-state index in [2.05, 4.69) is 40.0 Å². The van der Waals surface area contributed by atoms with Gasteiger partial charge in [-0.25, -0.2) is 0 Å². The van der Waals surface area contributed by atoms with Crippen molar-refractivity contribution < 1.29 is 5.11 Å². The lowest BCUT2D eigenvalue weighted by atomic mass is 10.1. The fourth-order valence-electron chi connectivity index (χ4n) is 2.02. The van der Waals surface area contributed by atoms with Crippen LogP contribution in [0.4, 0.5) is 0 Å². The summed E-state index contributed by atoms with van der Waals surface area (Å²) in [6.07, 6.45) is 0.690. The van der Waals surface area contributed by atoms with E-state index >= 15 is 0 Å². The van der Waals surface area contributed by atoms with Crippen LogP contribution < -0.4 is 0 Å².